The van der Waals surface area contributed by atoms with Gasteiger partial charge in [-0.25, -0.2) is 9.97 Å². The number of hydrogen-bond donors (Lipinski definition) is 1. The minimum Gasteiger partial charge on any atom is -0.356 e. The summed E-state index contributed by atoms with van der Waals surface area (Å²) in [6.07, 6.45) is 2.47. The quantitative estimate of drug-likeness (QED) is 0.412. The molecule has 0 atom stereocenters. The maximum absolute atomic E-state index is 12.6. The third-order valence-corrected chi connectivity index (χ3v) is 6.24. The molecule has 0 spiro atoms. The van der Waals surface area contributed by atoms with E-state index in [4.69, 9.17) is 0 Å². The number of amides is 1. The first-order valence-corrected chi connectivity index (χ1v) is 11.6. The van der Waals surface area contributed by atoms with Crippen LogP contribution in [0.1, 0.15) is 17.0 Å². The van der Waals surface area contributed by atoms with Crippen molar-refractivity contribution in [1.29, 1.82) is 0 Å². The van der Waals surface area contributed by atoms with Crippen LogP contribution in [0.4, 0.5) is 0 Å². The second-order valence-electron chi connectivity index (χ2n) is 7.20. The molecule has 31 heavy (non-hydrogen) atoms. The van der Waals surface area contributed by atoms with E-state index in [2.05, 4.69) is 60.9 Å². The number of halogens is 1. The molecule has 0 aliphatic carbocycles. The number of nitrogens with zero attached hydrogens (tertiary/aromatic N) is 3. The van der Waals surface area contributed by atoms with Crippen molar-refractivity contribution in [2.45, 2.75) is 26.3 Å². The van der Waals surface area contributed by atoms with E-state index in [1.807, 2.05) is 13.0 Å². The van der Waals surface area contributed by atoms with Crippen molar-refractivity contribution >= 4 is 44.1 Å². The fourth-order valence-corrected chi connectivity index (χ4v) is 4.27. The average molecular weight is 497 g/mol. The topological polar surface area (TPSA) is 76.9 Å². The lowest BCUT2D eigenvalue weighted by Crippen LogP contribution is -2.29. The Kier molecular flexibility index (Phi) is 6.58. The Labute approximate surface area is 192 Å². The summed E-state index contributed by atoms with van der Waals surface area (Å²) in [5.41, 5.74) is 3.74. The lowest BCUT2D eigenvalue weighted by Gasteiger charge is -2.08. The molecule has 0 aliphatic rings. The predicted octanol–water partition coefficient (Wildman–Crippen LogP) is 4.34. The first kappa shape index (κ1) is 21.4. The van der Waals surface area contributed by atoms with E-state index in [1.165, 1.54) is 10.9 Å². The van der Waals surface area contributed by atoms with Crippen LogP contribution in [0.15, 0.2) is 63.4 Å². The normalized spacial score (nSPS) is 11.0. The summed E-state index contributed by atoms with van der Waals surface area (Å²) in [6, 6.07) is 13.6. The van der Waals surface area contributed by atoms with E-state index in [-0.39, 0.29) is 17.9 Å². The molecule has 2 aromatic heterocycles. The number of aromatic nitrogens is 3. The van der Waals surface area contributed by atoms with Crippen LogP contribution in [-0.4, -0.2) is 27.0 Å². The fourth-order valence-electron chi connectivity index (χ4n) is 3.29. The van der Waals surface area contributed by atoms with Crippen molar-refractivity contribution in [1.82, 2.24) is 19.9 Å². The molecule has 0 fully saturated rings. The zero-order valence-electron chi connectivity index (χ0n) is 17.0. The van der Waals surface area contributed by atoms with E-state index in [9.17, 15) is 9.59 Å². The summed E-state index contributed by atoms with van der Waals surface area (Å²) >= 11 is 5.01. The van der Waals surface area contributed by atoms with Gasteiger partial charge in [-0.2, -0.15) is 0 Å². The maximum Gasteiger partial charge on any atom is 0.261 e. The summed E-state index contributed by atoms with van der Waals surface area (Å²) in [4.78, 5) is 33.6. The van der Waals surface area contributed by atoms with Gasteiger partial charge in [0.15, 0.2) is 0 Å². The van der Waals surface area contributed by atoms with Gasteiger partial charge < -0.3 is 5.32 Å². The molecule has 4 aromatic rings. The molecule has 0 bridgehead atoms. The summed E-state index contributed by atoms with van der Waals surface area (Å²) in [7, 11) is 0. The van der Waals surface area contributed by atoms with Gasteiger partial charge in [-0.1, -0.05) is 40.2 Å². The van der Waals surface area contributed by atoms with Crippen LogP contribution < -0.4 is 10.9 Å². The molecule has 0 aliphatic heterocycles. The van der Waals surface area contributed by atoms with Gasteiger partial charge in [-0.05, 0) is 37.1 Å². The van der Waals surface area contributed by atoms with Gasteiger partial charge in [0.1, 0.15) is 0 Å². The van der Waals surface area contributed by atoms with Crippen LogP contribution in [-0.2, 0) is 17.8 Å². The number of carbonyl (C=O) groups excluding carboxylic acids is 1. The molecule has 2 aromatic carbocycles. The Balaban J connectivity index is 1.27. The molecule has 2 heterocycles. The van der Waals surface area contributed by atoms with Crippen LogP contribution in [0, 0.1) is 6.92 Å². The number of nitrogens with one attached hydrogen (secondary N) is 1. The molecule has 8 heteroatoms. The monoisotopic (exact) mass is 496 g/mol. The molecule has 0 saturated carbocycles. The Morgan fingerprint density at radius 2 is 2.00 bits per heavy atom. The number of carbonyl (C=O) groups is 1. The van der Waals surface area contributed by atoms with E-state index >= 15 is 0 Å². The van der Waals surface area contributed by atoms with E-state index in [1.54, 1.807) is 23.5 Å². The number of benzene rings is 2. The van der Waals surface area contributed by atoms with E-state index in [0.29, 0.717) is 24.0 Å². The van der Waals surface area contributed by atoms with Gasteiger partial charge in [0.25, 0.3) is 5.56 Å². The van der Waals surface area contributed by atoms with Gasteiger partial charge in [-0.3, -0.25) is 14.2 Å². The minimum atomic E-state index is -0.144. The third-order valence-electron chi connectivity index (χ3n) is 4.97. The standard InChI is InChI=1S/C23H21BrN4O2S/c1-15-27-21(13-31-15)17-4-2-16(3-5-17)8-10-25-22(29)9-11-28-14-26-20-7-6-18(24)12-19(20)23(28)30/h2-7,12-14H,8-11H2,1H3,(H,25,29). The molecule has 158 valence electrons. The second-order valence-corrected chi connectivity index (χ2v) is 9.18. The highest BCUT2D eigenvalue weighted by molar-refractivity contribution is 9.10. The summed E-state index contributed by atoms with van der Waals surface area (Å²) in [5, 5.41) is 6.57. The number of rotatable bonds is 7. The van der Waals surface area contributed by atoms with Crippen LogP contribution in [0.3, 0.4) is 0 Å². The van der Waals surface area contributed by atoms with Crippen molar-refractivity contribution < 1.29 is 4.79 Å². The maximum atomic E-state index is 12.6. The molecule has 0 radical (unpaired) electrons. The number of thiazole rings is 1. The van der Waals surface area contributed by atoms with Crippen molar-refractivity contribution in [3.05, 3.63) is 79.6 Å². The molecular weight excluding hydrogens is 476 g/mol. The SMILES string of the molecule is Cc1nc(-c2ccc(CCNC(=O)CCn3cnc4ccc(Br)cc4c3=O)cc2)cs1. The van der Waals surface area contributed by atoms with Crippen molar-refractivity contribution in [2.24, 2.45) is 0 Å². The van der Waals surface area contributed by atoms with Crippen LogP contribution in [0.2, 0.25) is 0 Å². The first-order valence-electron chi connectivity index (χ1n) is 9.92. The van der Waals surface area contributed by atoms with Gasteiger partial charge in [0, 0.05) is 34.9 Å². The third kappa shape index (κ3) is 5.26. The van der Waals surface area contributed by atoms with E-state index in [0.717, 1.165) is 32.7 Å². The predicted molar refractivity (Wildman–Crippen MR) is 127 cm³/mol. The zero-order chi connectivity index (χ0) is 21.8. The summed E-state index contributed by atoms with van der Waals surface area (Å²) in [5.74, 6) is -0.0872. The lowest BCUT2D eigenvalue weighted by atomic mass is 10.1. The van der Waals surface area contributed by atoms with Gasteiger partial charge >= 0.3 is 0 Å². The molecule has 6 nitrogen and oxygen atoms in total. The second kappa shape index (κ2) is 9.53. The largest absolute Gasteiger partial charge is 0.356 e. The lowest BCUT2D eigenvalue weighted by molar-refractivity contribution is -0.121. The molecule has 4 rings (SSSR count). The first-order chi connectivity index (χ1) is 15.0. The minimum absolute atomic E-state index is 0.0872. The number of fused-ring (bicyclic) bond motifs is 1. The fraction of sp³-hybridized carbons (Fsp3) is 0.217. The number of aryl methyl sites for hydroxylation is 2. The van der Waals surface area contributed by atoms with Crippen LogP contribution >= 0.6 is 27.3 Å². The van der Waals surface area contributed by atoms with Crippen molar-refractivity contribution in [3.63, 3.8) is 0 Å². The highest BCUT2D eigenvalue weighted by Gasteiger charge is 2.08. The van der Waals surface area contributed by atoms with Crippen LogP contribution in [0.25, 0.3) is 22.2 Å². The molecule has 0 unspecified atom stereocenters. The van der Waals surface area contributed by atoms with Crippen molar-refractivity contribution in [3.8, 4) is 11.3 Å². The molecule has 1 amide bonds. The molecular formula is C23H21BrN4O2S. The van der Waals surface area contributed by atoms with Gasteiger partial charge in [0.05, 0.1) is 27.9 Å². The molecule has 0 saturated heterocycles. The zero-order valence-corrected chi connectivity index (χ0v) is 19.4. The summed E-state index contributed by atoms with van der Waals surface area (Å²) < 4.78 is 2.30. The van der Waals surface area contributed by atoms with Crippen molar-refractivity contribution in [2.75, 3.05) is 6.54 Å². The Bertz CT molecular complexity index is 1280. The smallest absolute Gasteiger partial charge is 0.261 e. The molecule has 1 N–H and O–H groups in total. The highest BCUT2D eigenvalue weighted by atomic mass is 79.9. The Morgan fingerprint density at radius 1 is 1.19 bits per heavy atom. The Morgan fingerprint density at radius 3 is 2.74 bits per heavy atom. The van der Waals surface area contributed by atoms with E-state index < -0.39 is 0 Å². The van der Waals surface area contributed by atoms with Crippen LogP contribution in [0.5, 0.6) is 0 Å². The van der Waals surface area contributed by atoms with Gasteiger partial charge in [-0.15, -0.1) is 11.3 Å². The summed E-state index contributed by atoms with van der Waals surface area (Å²) in [6.45, 7) is 2.84. The Hall–Kier alpha value is -2.84. The van der Waals surface area contributed by atoms with Gasteiger partial charge in [0.2, 0.25) is 5.91 Å². The average Bonchev–Trinajstić information content (AvgIpc) is 3.20. The number of hydrogen-bond acceptors (Lipinski definition) is 5. The highest BCUT2D eigenvalue weighted by Crippen LogP contribution is 2.21.